The van der Waals surface area contributed by atoms with E-state index in [1.54, 1.807) is 36.4 Å². The molecule has 1 spiro atoms. The quantitative estimate of drug-likeness (QED) is 0.127. The Morgan fingerprint density at radius 2 is 1.41 bits per heavy atom. The third-order valence-electron chi connectivity index (χ3n) is 12.3. The number of likely N-dealkylation sites (tertiary alicyclic amines) is 1. The summed E-state index contributed by atoms with van der Waals surface area (Å²) >= 11 is 0. The molecule has 8 rings (SSSR count). The van der Waals surface area contributed by atoms with Crippen LogP contribution in [0.5, 0.6) is 5.75 Å². The monoisotopic (exact) mass is 801 g/mol. The number of cyclic esters (lactones) is 1. The average molecular weight is 802 g/mol. The number of para-hydroxylation sites is 2. The number of nitrogens with zero attached hydrogens (tertiary/aromatic N) is 3. The Bertz CT molecular complexity index is 2130. The van der Waals surface area contributed by atoms with Gasteiger partial charge >= 0.3 is 12.1 Å². The molecular formula is C47H51N3O9. The second-order valence-corrected chi connectivity index (χ2v) is 15.6. The van der Waals surface area contributed by atoms with E-state index in [0.717, 1.165) is 48.1 Å². The van der Waals surface area contributed by atoms with Crippen molar-refractivity contribution in [1.29, 1.82) is 0 Å². The molecule has 6 unspecified atom stereocenters. The molecule has 0 bridgehead atoms. The summed E-state index contributed by atoms with van der Waals surface area (Å²) in [6.07, 6.45) is 3.34. The molecule has 2 amide bonds. The Balaban J connectivity index is 1.42. The summed E-state index contributed by atoms with van der Waals surface area (Å²) in [5.74, 6) is -2.56. The number of aliphatic hydroxyl groups excluding tert-OH is 1. The zero-order valence-corrected chi connectivity index (χ0v) is 33.3. The highest BCUT2D eigenvalue weighted by molar-refractivity contribution is 6.23. The molecule has 12 heteroatoms. The van der Waals surface area contributed by atoms with Gasteiger partial charge in [0.2, 0.25) is 5.91 Å². The molecule has 3 fully saturated rings. The van der Waals surface area contributed by atoms with Crippen molar-refractivity contribution in [3.05, 3.63) is 131 Å². The van der Waals surface area contributed by atoms with Crippen molar-refractivity contribution in [3.63, 3.8) is 0 Å². The number of hydrogen-bond acceptors (Lipinski definition) is 11. The van der Waals surface area contributed by atoms with Crippen LogP contribution in [-0.2, 0) is 34.0 Å². The lowest BCUT2D eigenvalue weighted by atomic mass is 9.64. The number of morpholine rings is 1. The minimum absolute atomic E-state index is 0.00522. The largest absolute Gasteiger partial charge is 0.491 e. The SMILES string of the molecule is COCCOC(=O)N1C(=O)C2(c3ccccc31)C(C(=O)CN1CCCCCCC1)C1C(=O)OC(c3ccccc3)C(c3ccccc3)N1C2c1ccccc1OCCO. The molecule has 6 atom stereocenters. The van der Waals surface area contributed by atoms with Crippen molar-refractivity contribution in [2.24, 2.45) is 5.92 Å². The van der Waals surface area contributed by atoms with Gasteiger partial charge in [-0.1, -0.05) is 116 Å². The lowest BCUT2D eigenvalue weighted by Crippen LogP contribution is -2.55. The minimum Gasteiger partial charge on any atom is -0.491 e. The number of aliphatic hydroxyl groups is 1. The molecule has 0 aliphatic carbocycles. The first-order chi connectivity index (χ1) is 28.9. The van der Waals surface area contributed by atoms with Crippen molar-refractivity contribution >= 4 is 29.4 Å². The van der Waals surface area contributed by atoms with E-state index < -0.39 is 53.5 Å². The fraction of sp³-hybridized carbons (Fsp3) is 0.404. The highest BCUT2D eigenvalue weighted by Gasteiger charge is 2.75. The van der Waals surface area contributed by atoms with Gasteiger partial charge in [-0.25, -0.2) is 9.69 Å². The molecule has 0 radical (unpaired) electrons. The average Bonchev–Trinajstić information content (AvgIpc) is 3.71. The molecule has 4 aliphatic rings. The summed E-state index contributed by atoms with van der Waals surface area (Å²) in [5, 5.41) is 9.96. The number of imide groups is 1. The van der Waals surface area contributed by atoms with Gasteiger partial charge in [-0.2, -0.15) is 0 Å². The minimum atomic E-state index is -1.86. The van der Waals surface area contributed by atoms with Gasteiger partial charge < -0.3 is 24.1 Å². The number of Topliss-reactive ketones (excluding diaryl/α,β-unsaturated/α-hetero) is 1. The highest BCUT2D eigenvalue weighted by Crippen LogP contribution is 2.66. The zero-order valence-electron chi connectivity index (χ0n) is 33.3. The van der Waals surface area contributed by atoms with E-state index in [2.05, 4.69) is 4.90 Å². The van der Waals surface area contributed by atoms with Crippen LogP contribution in [0, 0.1) is 5.92 Å². The predicted molar refractivity (Wildman–Crippen MR) is 219 cm³/mol. The van der Waals surface area contributed by atoms with Crippen LogP contribution in [-0.4, -0.2) is 97.9 Å². The van der Waals surface area contributed by atoms with Gasteiger partial charge in [0, 0.05) is 12.7 Å². The van der Waals surface area contributed by atoms with E-state index in [4.69, 9.17) is 18.9 Å². The maximum atomic E-state index is 16.1. The third kappa shape index (κ3) is 7.32. The summed E-state index contributed by atoms with van der Waals surface area (Å²) in [7, 11) is 1.49. The zero-order chi connectivity index (χ0) is 40.9. The second kappa shape index (κ2) is 17.8. The molecule has 3 saturated heterocycles. The Hall–Kier alpha value is -5.40. The third-order valence-corrected chi connectivity index (χ3v) is 12.3. The molecule has 4 heterocycles. The normalized spacial score (nSPS) is 25.8. The molecule has 4 aromatic carbocycles. The van der Waals surface area contributed by atoms with Crippen molar-refractivity contribution in [3.8, 4) is 5.75 Å². The molecule has 308 valence electrons. The fourth-order valence-electron chi connectivity index (χ4n) is 9.95. The van der Waals surface area contributed by atoms with Crippen LogP contribution >= 0.6 is 0 Å². The van der Waals surface area contributed by atoms with Crippen molar-refractivity contribution in [1.82, 2.24) is 9.80 Å². The molecule has 1 N–H and O–H groups in total. The standard InChI is InChI=1S/C47H51N3O9/c1-56-29-30-58-46(55)49-36-23-13-12-22-35(36)47(45(49)54)39(37(52)31-48-25-15-3-2-4-16-26-48)41-44(53)59-42(33-19-9-6-10-20-33)40(32-17-7-5-8-18-32)50(41)43(47)34-21-11-14-24-38(34)57-28-27-51/h5-14,17-24,39-43,51H,2-4,15-16,25-31H2,1H3. The van der Waals surface area contributed by atoms with Crippen LogP contribution in [0.3, 0.4) is 0 Å². The predicted octanol–water partition coefficient (Wildman–Crippen LogP) is 6.34. The molecule has 59 heavy (non-hydrogen) atoms. The van der Waals surface area contributed by atoms with E-state index >= 15 is 14.4 Å². The van der Waals surface area contributed by atoms with Crippen molar-refractivity contribution in [2.45, 2.75) is 61.7 Å². The van der Waals surface area contributed by atoms with Crippen LogP contribution in [0.4, 0.5) is 10.5 Å². The van der Waals surface area contributed by atoms with Crippen LogP contribution < -0.4 is 9.64 Å². The van der Waals surface area contributed by atoms with Crippen molar-refractivity contribution in [2.75, 3.05) is 58.1 Å². The smallest absolute Gasteiger partial charge is 0.421 e. The van der Waals surface area contributed by atoms with E-state index in [1.165, 1.54) is 7.11 Å². The van der Waals surface area contributed by atoms with Gasteiger partial charge in [0.15, 0.2) is 5.78 Å². The van der Waals surface area contributed by atoms with Gasteiger partial charge in [0.1, 0.15) is 36.5 Å². The van der Waals surface area contributed by atoms with Crippen LogP contribution in [0.15, 0.2) is 109 Å². The summed E-state index contributed by atoms with van der Waals surface area (Å²) in [4.78, 5) is 66.4. The number of methoxy groups -OCH3 is 1. The Morgan fingerprint density at radius 1 is 0.763 bits per heavy atom. The summed E-state index contributed by atoms with van der Waals surface area (Å²) in [6.45, 7) is 1.10. The summed E-state index contributed by atoms with van der Waals surface area (Å²) < 4.78 is 23.6. The van der Waals surface area contributed by atoms with Crippen molar-refractivity contribution < 1.29 is 43.2 Å². The number of benzene rings is 4. The van der Waals surface area contributed by atoms with Gasteiger partial charge in [-0.3, -0.25) is 24.2 Å². The molecular weight excluding hydrogens is 751 g/mol. The first-order valence-electron chi connectivity index (χ1n) is 20.7. The summed E-state index contributed by atoms with van der Waals surface area (Å²) in [6, 6.07) is 30.3. The number of ether oxygens (including phenoxy) is 4. The number of fused-ring (bicyclic) bond motifs is 3. The molecule has 4 aromatic rings. The number of ketones is 1. The van der Waals surface area contributed by atoms with Crippen LogP contribution in [0.1, 0.15) is 72.5 Å². The molecule has 4 aliphatic heterocycles. The number of rotatable bonds is 12. The van der Waals surface area contributed by atoms with E-state index in [1.807, 2.05) is 77.7 Å². The molecule has 0 saturated carbocycles. The van der Waals surface area contributed by atoms with Crippen LogP contribution in [0.2, 0.25) is 0 Å². The molecule has 0 aromatic heterocycles. The maximum Gasteiger partial charge on any atom is 0.421 e. The summed E-state index contributed by atoms with van der Waals surface area (Å²) in [5.41, 5.74) is 0.894. The fourth-order valence-corrected chi connectivity index (χ4v) is 9.95. The van der Waals surface area contributed by atoms with E-state index in [9.17, 15) is 9.90 Å². The number of anilines is 1. The van der Waals surface area contributed by atoms with Gasteiger partial charge in [0.25, 0.3) is 0 Å². The Labute approximate surface area is 344 Å². The first kappa shape index (κ1) is 40.4. The lowest BCUT2D eigenvalue weighted by molar-refractivity contribution is -0.178. The number of carbonyl (C=O) groups is 4. The van der Waals surface area contributed by atoms with E-state index in [-0.39, 0.29) is 44.4 Å². The number of amides is 2. The number of hydrogen-bond donors (Lipinski definition) is 1. The maximum absolute atomic E-state index is 16.1. The Kier molecular flexibility index (Phi) is 12.2. The first-order valence-corrected chi connectivity index (χ1v) is 20.7. The van der Waals surface area contributed by atoms with Gasteiger partial charge in [0.05, 0.1) is 43.4 Å². The Morgan fingerprint density at radius 3 is 2.12 bits per heavy atom. The molecule has 12 nitrogen and oxygen atoms in total. The number of carbonyl (C=O) groups excluding carboxylic acids is 4. The second-order valence-electron chi connectivity index (χ2n) is 15.6. The number of esters is 1. The van der Waals surface area contributed by atoms with Gasteiger partial charge in [-0.15, -0.1) is 0 Å². The lowest BCUT2D eigenvalue weighted by Gasteiger charge is -2.46. The topological polar surface area (TPSA) is 135 Å². The highest BCUT2D eigenvalue weighted by atomic mass is 16.6. The van der Waals surface area contributed by atoms with E-state index in [0.29, 0.717) is 30.0 Å². The van der Waals surface area contributed by atoms with Gasteiger partial charge in [-0.05, 0) is 54.8 Å². The van der Waals surface area contributed by atoms with Crippen LogP contribution in [0.25, 0.3) is 0 Å².